The topological polar surface area (TPSA) is 30.5 Å². The summed E-state index contributed by atoms with van der Waals surface area (Å²) in [5.74, 6) is 0. The third kappa shape index (κ3) is 9.33. The summed E-state index contributed by atoms with van der Waals surface area (Å²) in [7, 11) is 4.02. The van der Waals surface area contributed by atoms with Crippen LogP contribution in [0, 0.1) is 0 Å². The van der Waals surface area contributed by atoms with E-state index >= 15 is 0 Å². The molecule has 0 saturated carbocycles. The highest BCUT2D eigenvalue weighted by atomic mass is 15.1. The monoisotopic (exact) mass is 334 g/mol. The van der Waals surface area contributed by atoms with Gasteiger partial charge < -0.3 is 20.4 Å². The molecule has 4 heteroatoms. The van der Waals surface area contributed by atoms with Crippen LogP contribution in [0.5, 0.6) is 0 Å². The Hall–Kier alpha value is -1.84. The van der Waals surface area contributed by atoms with Gasteiger partial charge in [0.1, 0.15) is 0 Å². The third-order valence-electron chi connectivity index (χ3n) is 4.02. The highest BCUT2D eigenvalue weighted by Gasteiger charge is 2.03. The van der Waals surface area contributed by atoms with Gasteiger partial charge in [0.2, 0.25) is 0 Å². The standard InChI is InChI=1S/C20H38N4/c1-7-19(8-2)23(6)17-15-22-13-11-12-16-24(18-14-21-5)20(9-3)10-4/h7,9,14-15,17-18,21-22H,8,10-13,16H2,1-6H3/b17-15-,18-14-,19-7+,20-9+. The molecule has 0 aromatic rings. The Kier molecular flexibility index (Phi) is 13.6. The van der Waals surface area contributed by atoms with Gasteiger partial charge in [0, 0.05) is 63.4 Å². The molecule has 24 heavy (non-hydrogen) atoms. The number of rotatable bonds is 13. The van der Waals surface area contributed by atoms with Crippen molar-refractivity contribution in [3.63, 3.8) is 0 Å². The first-order chi connectivity index (χ1) is 11.6. The van der Waals surface area contributed by atoms with Gasteiger partial charge in [-0.05, 0) is 39.5 Å². The van der Waals surface area contributed by atoms with Crippen LogP contribution in [0.15, 0.2) is 48.3 Å². The molecule has 2 N–H and O–H groups in total. The molecule has 0 aromatic carbocycles. The molecule has 4 nitrogen and oxygen atoms in total. The van der Waals surface area contributed by atoms with Crippen molar-refractivity contribution in [2.45, 2.75) is 53.4 Å². The van der Waals surface area contributed by atoms with E-state index in [0.717, 1.165) is 38.8 Å². The van der Waals surface area contributed by atoms with Gasteiger partial charge in [-0.1, -0.05) is 26.0 Å². The Bertz CT molecular complexity index is 421. The van der Waals surface area contributed by atoms with E-state index in [0.29, 0.717) is 0 Å². The molecule has 0 bridgehead atoms. The predicted molar refractivity (Wildman–Crippen MR) is 107 cm³/mol. The SMILES string of the molecule is C/C=C(\CC)N(C)/C=C\NCCCCN(/C=C\NC)/C(=C/C)CC. The number of hydrogen-bond acceptors (Lipinski definition) is 4. The normalized spacial score (nSPS) is 12.9. The molecule has 0 aromatic heterocycles. The zero-order valence-electron chi connectivity index (χ0n) is 16.6. The first kappa shape index (κ1) is 22.2. The van der Waals surface area contributed by atoms with E-state index in [1.165, 1.54) is 11.4 Å². The lowest BCUT2D eigenvalue weighted by atomic mass is 10.2. The Balaban J connectivity index is 4.12. The summed E-state index contributed by atoms with van der Waals surface area (Å²) in [5, 5.41) is 6.45. The van der Waals surface area contributed by atoms with Crippen molar-refractivity contribution in [1.29, 1.82) is 0 Å². The van der Waals surface area contributed by atoms with Crippen LogP contribution >= 0.6 is 0 Å². The maximum atomic E-state index is 3.38. The van der Waals surface area contributed by atoms with Crippen LogP contribution in [0.4, 0.5) is 0 Å². The second kappa shape index (κ2) is 14.7. The van der Waals surface area contributed by atoms with Crippen LogP contribution in [-0.2, 0) is 0 Å². The van der Waals surface area contributed by atoms with E-state index < -0.39 is 0 Å². The fourth-order valence-corrected chi connectivity index (χ4v) is 2.56. The average molecular weight is 335 g/mol. The van der Waals surface area contributed by atoms with Crippen molar-refractivity contribution in [1.82, 2.24) is 20.4 Å². The summed E-state index contributed by atoms with van der Waals surface area (Å²) in [6.45, 7) is 10.6. The Morgan fingerprint density at radius 2 is 1.58 bits per heavy atom. The van der Waals surface area contributed by atoms with Crippen LogP contribution in [-0.4, -0.2) is 37.0 Å². The van der Waals surface area contributed by atoms with Crippen molar-refractivity contribution >= 4 is 0 Å². The van der Waals surface area contributed by atoms with Crippen molar-refractivity contribution in [2.24, 2.45) is 0 Å². The summed E-state index contributed by atoms with van der Waals surface area (Å²) < 4.78 is 0. The molecule has 0 saturated heterocycles. The van der Waals surface area contributed by atoms with E-state index in [-0.39, 0.29) is 0 Å². The average Bonchev–Trinajstić information content (AvgIpc) is 2.60. The molecular weight excluding hydrogens is 296 g/mol. The zero-order chi connectivity index (χ0) is 18.2. The molecular formula is C20H38N4. The van der Waals surface area contributed by atoms with E-state index in [9.17, 15) is 0 Å². The van der Waals surface area contributed by atoms with Crippen molar-refractivity contribution in [2.75, 3.05) is 27.2 Å². The van der Waals surface area contributed by atoms with Gasteiger partial charge in [0.15, 0.2) is 0 Å². The van der Waals surface area contributed by atoms with Gasteiger partial charge >= 0.3 is 0 Å². The fourth-order valence-electron chi connectivity index (χ4n) is 2.56. The fraction of sp³-hybridized carbons (Fsp3) is 0.600. The quantitative estimate of drug-likeness (QED) is 0.489. The summed E-state index contributed by atoms with van der Waals surface area (Å²) in [6.07, 6.45) is 17.0. The van der Waals surface area contributed by atoms with Crippen LogP contribution < -0.4 is 10.6 Å². The summed E-state index contributed by atoms with van der Waals surface area (Å²) in [6, 6.07) is 0. The second-order valence-corrected chi connectivity index (χ2v) is 5.65. The van der Waals surface area contributed by atoms with Gasteiger partial charge in [0.25, 0.3) is 0 Å². The summed E-state index contributed by atoms with van der Waals surface area (Å²) >= 11 is 0. The maximum Gasteiger partial charge on any atom is 0.0223 e. The van der Waals surface area contributed by atoms with Gasteiger partial charge in [-0.25, -0.2) is 0 Å². The highest BCUT2D eigenvalue weighted by molar-refractivity contribution is 5.04. The van der Waals surface area contributed by atoms with E-state index in [2.05, 4.69) is 79.7 Å². The minimum atomic E-state index is 1.00. The minimum Gasteiger partial charge on any atom is -0.393 e. The molecule has 0 amide bonds. The molecule has 0 fully saturated rings. The molecule has 0 heterocycles. The minimum absolute atomic E-state index is 1.00. The van der Waals surface area contributed by atoms with Crippen LogP contribution in [0.2, 0.25) is 0 Å². The van der Waals surface area contributed by atoms with Crippen LogP contribution in [0.3, 0.4) is 0 Å². The third-order valence-corrected chi connectivity index (χ3v) is 4.02. The summed E-state index contributed by atoms with van der Waals surface area (Å²) in [5.41, 5.74) is 2.70. The molecule has 0 atom stereocenters. The van der Waals surface area contributed by atoms with Crippen LogP contribution in [0.25, 0.3) is 0 Å². The Morgan fingerprint density at radius 1 is 0.917 bits per heavy atom. The van der Waals surface area contributed by atoms with Crippen molar-refractivity contribution in [3.8, 4) is 0 Å². The molecule has 0 radical (unpaired) electrons. The summed E-state index contributed by atoms with van der Waals surface area (Å²) in [4.78, 5) is 4.50. The molecule has 0 aliphatic heterocycles. The van der Waals surface area contributed by atoms with Gasteiger partial charge in [-0.2, -0.15) is 0 Å². The number of nitrogens with one attached hydrogen (secondary N) is 2. The first-order valence-electron chi connectivity index (χ1n) is 9.18. The maximum absolute atomic E-state index is 3.38. The molecule has 0 aliphatic rings. The zero-order valence-corrected chi connectivity index (χ0v) is 16.6. The molecule has 0 spiro atoms. The second-order valence-electron chi connectivity index (χ2n) is 5.65. The Morgan fingerprint density at radius 3 is 2.12 bits per heavy atom. The molecule has 0 unspecified atom stereocenters. The van der Waals surface area contributed by atoms with Gasteiger partial charge in [-0.3, -0.25) is 0 Å². The number of unbranched alkanes of at least 4 members (excludes halogenated alkanes) is 1. The van der Waals surface area contributed by atoms with Crippen LogP contribution in [0.1, 0.15) is 53.4 Å². The van der Waals surface area contributed by atoms with Gasteiger partial charge in [-0.15, -0.1) is 0 Å². The predicted octanol–water partition coefficient (Wildman–Crippen LogP) is 4.38. The highest BCUT2D eigenvalue weighted by Crippen LogP contribution is 2.10. The number of allylic oxidation sites excluding steroid dienone is 4. The van der Waals surface area contributed by atoms with Crippen molar-refractivity contribution < 1.29 is 0 Å². The Labute approximate surface area is 150 Å². The molecule has 0 aliphatic carbocycles. The number of nitrogens with zero attached hydrogens (tertiary/aromatic N) is 2. The lowest BCUT2D eigenvalue weighted by Gasteiger charge is -2.23. The van der Waals surface area contributed by atoms with Crippen molar-refractivity contribution in [3.05, 3.63) is 48.3 Å². The van der Waals surface area contributed by atoms with E-state index in [1.807, 2.05) is 19.4 Å². The lowest BCUT2D eigenvalue weighted by Crippen LogP contribution is -2.20. The van der Waals surface area contributed by atoms with E-state index in [1.54, 1.807) is 0 Å². The molecule has 138 valence electrons. The molecule has 0 rings (SSSR count). The largest absolute Gasteiger partial charge is 0.393 e. The van der Waals surface area contributed by atoms with Gasteiger partial charge in [0.05, 0.1) is 0 Å². The lowest BCUT2D eigenvalue weighted by molar-refractivity contribution is 0.428. The smallest absolute Gasteiger partial charge is 0.0223 e. The van der Waals surface area contributed by atoms with E-state index in [4.69, 9.17) is 0 Å². The number of hydrogen-bond donors (Lipinski definition) is 2. The first-order valence-corrected chi connectivity index (χ1v) is 9.18.